The highest BCUT2D eigenvalue weighted by atomic mass is 32.1. The lowest BCUT2D eigenvalue weighted by Crippen LogP contribution is -2.44. The largest absolute Gasteiger partial charge is 0.315 e. The van der Waals surface area contributed by atoms with Crippen molar-refractivity contribution >= 4 is 86.1 Å². The standard InChI is InChI=1S/C20H16N4OS.C11H14N2.C9H3N3S/c1-13-6-8-14(9-7-13)24-19(26)23(18(25)20(24,2)3)15-10-11-16(21-4)17(12-15)22-5;1-9-5-7-10(8-6-9)13-11(2,3)12-4;1-10-8-4-3-7(12-6-13)5-9(8)11-2/h6-12H,1-3H3;5-8,13H,1-3H3;3-5H. The molecular weight excluding hydrogens is 687 g/mol. The van der Waals surface area contributed by atoms with E-state index in [1.165, 1.54) is 16.5 Å². The van der Waals surface area contributed by atoms with E-state index in [9.17, 15) is 4.79 Å². The topological polar surface area (TPSA) is 69.7 Å². The quantitative estimate of drug-likeness (QED) is 0.126. The summed E-state index contributed by atoms with van der Waals surface area (Å²) in [6.07, 6.45) is 0. The molecule has 12 heteroatoms. The zero-order valence-corrected chi connectivity index (χ0v) is 31.0. The van der Waals surface area contributed by atoms with Gasteiger partial charge in [0.25, 0.3) is 11.6 Å². The maximum atomic E-state index is 13.1. The molecule has 0 aliphatic carbocycles. The fraction of sp³-hybridized carbons (Fsp3) is 0.200. The van der Waals surface area contributed by atoms with Crippen molar-refractivity contribution in [1.29, 1.82) is 0 Å². The van der Waals surface area contributed by atoms with E-state index >= 15 is 0 Å². The number of hydrogen-bond donors (Lipinski definition) is 1. The number of benzene rings is 4. The molecular formula is C40H33N9OS2. The predicted octanol–water partition coefficient (Wildman–Crippen LogP) is 11.6. The Balaban J connectivity index is 0.000000235. The van der Waals surface area contributed by atoms with Gasteiger partial charge in [-0.1, -0.05) is 53.6 Å². The molecule has 10 nitrogen and oxygen atoms in total. The average molecular weight is 720 g/mol. The molecule has 0 spiro atoms. The molecule has 1 heterocycles. The number of hydrogen-bond acceptors (Lipinski definition) is 5. The van der Waals surface area contributed by atoms with Gasteiger partial charge in [-0.25, -0.2) is 6.57 Å². The van der Waals surface area contributed by atoms with Crippen LogP contribution in [0.5, 0.6) is 0 Å². The Morgan fingerprint density at radius 2 is 1.21 bits per heavy atom. The molecule has 4 aromatic rings. The summed E-state index contributed by atoms with van der Waals surface area (Å²) in [4.78, 5) is 36.7. The van der Waals surface area contributed by atoms with Gasteiger partial charge in [0, 0.05) is 30.9 Å². The lowest BCUT2D eigenvalue weighted by atomic mass is 10.0. The summed E-state index contributed by atoms with van der Waals surface area (Å²) >= 11 is 10.0. The fourth-order valence-electron chi connectivity index (χ4n) is 4.82. The fourth-order valence-corrected chi connectivity index (χ4v) is 5.45. The molecule has 0 bridgehead atoms. The van der Waals surface area contributed by atoms with E-state index in [-0.39, 0.29) is 17.3 Å². The minimum Gasteiger partial charge on any atom is -0.315 e. The van der Waals surface area contributed by atoms with E-state index in [1.807, 2.05) is 95.0 Å². The minimum absolute atomic E-state index is 0.172. The number of nitrogens with one attached hydrogen (secondary N) is 1. The first-order chi connectivity index (χ1) is 24.7. The molecule has 52 heavy (non-hydrogen) atoms. The lowest BCUT2D eigenvalue weighted by molar-refractivity contribution is -0.120. The first-order valence-corrected chi connectivity index (χ1v) is 16.3. The van der Waals surface area contributed by atoms with Gasteiger partial charge in [-0.05, 0) is 94.6 Å². The Bertz CT molecular complexity index is 2260. The molecule has 256 valence electrons. The Labute approximate surface area is 315 Å². The van der Waals surface area contributed by atoms with Crippen LogP contribution >= 0.6 is 24.4 Å². The van der Waals surface area contributed by atoms with Gasteiger partial charge in [0.15, 0.2) is 27.9 Å². The van der Waals surface area contributed by atoms with Crippen LogP contribution < -0.4 is 15.1 Å². The number of amides is 1. The van der Waals surface area contributed by atoms with Crippen molar-refractivity contribution in [3.63, 3.8) is 0 Å². The number of isothiocyanates is 1. The van der Waals surface area contributed by atoms with Crippen LogP contribution in [-0.2, 0) is 4.79 Å². The van der Waals surface area contributed by atoms with Crippen LogP contribution in [0.3, 0.4) is 0 Å². The highest BCUT2D eigenvalue weighted by Crippen LogP contribution is 2.39. The Kier molecular flexibility index (Phi) is 13.2. The second-order valence-electron chi connectivity index (χ2n) is 12.3. The molecule has 0 unspecified atom stereocenters. The molecule has 5 rings (SSSR count). The van der Waals surface area contributed by atoms with E-state index in [0.717, 1.165) is 16.9 Å². The molecule has 1 aliphatic heterocycles. The first-order valence-electron chi connectivity index (χ1n) is 15.5. The molecule has 0 radical (unpaired) electrons. The minimum atomic E-state index is -0.858. The van der Waals surface area contributed by atoms with Crippen molar-refractivity contribution in [2.45, 2.75) is 52.7 Å². The normalized spacial score (nSPS) is 12.5. The van der Waals surface area contributed by atoms with Crippen molar-refractivity contribution in [2.75, 3.05) is 15.1 Å². The molecule has 0 saturated carbocycles. The van der Waals surface area contributed by atoms with Crippen LogP contribution in [0.15, 0.2) is 89.9 Å². The van der Waals surface area contributed by atoms with Crippen LogP contribution in [0.1, 0.15) is 38.8 Å². The third kappa shape index (κ3) is 9.50. The van der Waals surface area contributed by atoms with Gasteiger partial charge in [-0.3, -0.25) is 33.9 Å². The number of aliphatic imine (C=N–C) groups is 1. The molecule has 0 atom stereocenters. The van der Waals surface area contributed by atoms with Gasteiger partial charge in [0.05, 0.1) is 37.1 Å². The van der Waals surface area contributed by atoms with Gasteiger partial charge < -0.3 is 10.2 Å². The summed E-state index contributed by atoms with van der Waals surface area (Å²) in [6, 6.07) is 25.3. The maximum Gasteiger partial charge on any atom is 0.299 e. The summed E-state index contributed by atoms with van der Waals surface area (Å²) < 4.78 is 0. The average Bonchev–Trinajstić information content (AvgIpc) is 3.31. The van der Waals surface area contributed by atoms with Crippen molar-refractivity contribution in [3.05, 3.63) is 153 Å². The van der Waals surface area contributed by atoms with E-state index in [4.69, 9.17) is 45.1 Å². The Morgan fingerprint density at radius 1 is 0.731 bits per heavy atom. The summed E-state index contributed by atoms with van der Waals surface area (Å²) in [6.45, 7) is 46.4. The van der Waals surface area contributed by atoms with Crippen molar-refractivity contribution in [1.82, 2.24) is 0 Å². The summed E-state index contributed by atoms with van der Waals surface area (Å²) in [7, 11) is 0. The first kappa shape index (κ1) is 39.7. The number of aryl methyl sites for hydroxylation is 2. The lowest BCUT2D eigenvalue weighted by Gasteiger charge is -2.29. The predicted molar refractivity (Wildman–Crippen MR) is 216 cm³/mol. The number of rotatable bonds is 5. The second-order valence-corrected chi connectivity index (χ2v) is 12.9. The third-order valence-corrected chi connectivity index (χ3v) is 8.03. The number of carbonyl (C=O) groups excluding carboxylic acids is 1. The molecule has 4 aromatic carbocycles. The SMILES string of the molecule is [C-]#[N+]C(C)(C)Nc1ccc(C)cc1.[C-]#[N+]c1ccc(N2C(=O)C(C)(C)N(c3ccc(C)cc3)C2=S)cc1[N+]#[C-].[C-]#[N+]c1ccc(N=C=S)cc1[N+]#[C-]. The van der Waals surface area contributed by atoms with Gasteiger partial charge in [-0.15, -0.1) is 0 Å². The van der Waals surface area contributed by atoms with Crippen molar-refractivity contribution in [3.8, 4) is 0 Å². The maximum absolute atomic E-state index is 13.1. The van der Waals surface area contributed by atoms with Gasteiger partial charge >= 0.3 is 0 Å². The van der Waals surface area contributed by atoms with Gasteiger partial charge in [0.1, 0.15) is 5.54 Å². The summed E-state index contributed by atoms with van der Waals surface area (Å²) in [5, 5.41) is 5.70. The van der Waals surface area contributed by atoms with E-state index < -0.39 is 11.2 Å². The van der Waals surface area contributed by atoms with Crippen LogP contribution in [0, 0.1) is 46.7 Å². The van der Waals surface area contributed by atoms with E-state index in [2.05, 4.69) is 51.9 Å². The highest BCUT2D eigenvalue weighted by molar-refractivity contribution is 7.81. The number of nitrogens with zero attached hydrogens (tertiary/aromatic N) is 8. The Morgan fingerprint density at radius 3 is 1.71 bits per heavy atom. The van der Waals surface area contributed by atoms with Crippen molar-refractivity contribution < 1.29 is 4.79 Å². The molecule has 1 fully saturated rings. The monoisotopic (exact) mass is 719 g/mol. The van der Waals surface area contributed by atoms with Gasteiger partial charge in [0.2, 0.25) is 0 Å². The number of carbonyl (C=O) groups is 1. The second kappa shape index (κ2) is 17.3. The Hall–Kier alpha value is -6.71. The van der Waals surface area contributed by atoms with Crippen LogP contribution in [0.2, 0.25) is 0 Å². The van der Waals surface area contributed by atoms with Crippen LogP contribution in [-0.4, -0.2) is 27.4 Å². The summed E-state index contributed by atoms with van der Waals surface area (Å²) in [5.74, 6) is -0.172. The molecule has 1 aliphatic rings. The van der Waals surface area contributed by atoms with Crippen molar-refractivity contribution in [2.24, 2.45) is 4.99 Å². The molecule has 1 N–H and O–H groups in total. The zero-order valence-electron chi connectivity index (χ0n) is 29.4. The van der Waals surface area contributed by atoms with E-state index in [0.29, 0.717) is 27.9 Å². The number of anilines is 3. The molecule has 1 amide bonds. The summed E-state index contributed by atoms with van der Waals surface area (Å²) in [5.41, 5.74) is 4.95. The highest BCUT2D eigenvalue weighted by Gasteiger charge is 2.50. The zero-order chi connectivity index (χ0) is 38.6. The van der Waals surface area contributed by atoms with Gasteiger partial charge in [-0.2, -0.15) is 4.99 Å². The third-order valence-electron chi connectivity index (χ3n) is 7.57. The molecule has 1 saturated heterocycles. The molecule has 0 aromatic heterocycles. The van der Waals surface area contributed by atoms with Crippen LogP contribution in [0.4, 0.5) is 45.5 Å². The number of thiocarbonyl (C=S) groups is 2. The van der Waals surface area contributed by atoms with E-state index in [1.54, 1.807) is 30.3 Å². The smallest absolute Gasteiger partial charge is 0.299 e. The van der Waals surface area contributed by atoms with Crippen LogP contribution in [0.25, 0.3) is 24.2 Å².